The molecule has 1 amide bonds. The highest BCUT2D eigenvalue weighted by Gasteiger charge is 2.23. The van der Waals surface area contributed by atoms with E-state index in [1.165, 1.54) is 0 Å². The maximum absolute atomic E-state index is 15.6. The van der Waals surface area contributed by atoms with Crippen molar-refractivity contribution in [3.05, 3.63) is 93.8 Å². The summed E-state index contributed by atoms with van der Waals surface area (Å²) in [5.41, 5.74) is 5.09. The van der Waals surface area contributed by atoms with Crippen molar-refractivity contribution >= 4 is 40.5 Å². The van der Waals surface area contributed by atoms with Gasteiger partial charge in [0.1, 0.15) is 5.75 Å². The Morgan fingerprint density at radius 3 is 2.61 bits per heavy atom. The fraction of sp³-hybridized carbons (Fsp3) is 0.314. The van der Waals surface area contributed by atoms with Crippen LogP contribution in [0.4, 0.5) is 15.8 Å². The van der Waals surface area contributed by atoms with E-state index in [9.17, 15) is 9.90 Å². The number of hydrogen-bond acceptors (Lipinski definition) is 7. The minimum absolute atomic E-state index is 0.0967. The summed E-state index contributed by atoms with van der Waals surface area (Å²) in [7, 11) is 1.62. The van der Waals surface area contributed by atoms with Gasteiger partial charge < -0.3 is 25.8 Å². The second kappa shape index (κ2) is 14.4. The molecule has 4 aromatic rings. The molecule has 11 heteroatoms. The zero-order valence-electron chi connectivity index (χ0n) is 25.5. The number of methoxy groups -OCH3 is 1. The summed E-state index contributed by atoms with van der Waals surface area (Å²) < 4.78 is 21.3. The first-order valence-electron chi connectivity index (χ1n) is 15.4. The van der Waals surface area contributed by atoms with Crippen LogP contribution in [0.5, 0.6) is 5.75 Å². The van der Waals surface area contributed by atoms with Gasteiger partial charge in [0.15, 0.2) is 5.82 Å². The van der Waals surface area contributed by atoms with Gasteiger partial charge in [-0.3, -0.25) is 14.7 Å². The molecule has 46 heavy (non-hydrogen) atoms. The number of nitrogens with one attached hydrogen (secondary N) is 3. The van der Waals surface area contributed by atoms with Gasteiger partial charge in [-0.05, 0) is 37.1 Å². The van der Waals surface area contributed by atoms with Crippen LogP contribution in [-0.4, -0.2) is 59.8 Å². The average Bonchev–Trinajstić information content (AvgIpc) is 3.67. The number of aromatic nitrogens is 1. The number of aliphatic hydroxyl groups excluding tert-OH is 1. The van der Waals surface area contributed by atoms with E-state index in [-0.39, 0.29) is 23.9 Å². The minimum atomic E-state index is -0.367. The number of ether oxygens (including phenoxy) is 1. The second-order valence-corrected chi connectivity index (χ2v) is 12.5. The van der Waals surface area contributed by atoms with Crippen LogP contribution in [0.25, 0.3) is 22.4 Å². The molecule has 0 aliphatic carbocycles. The molecule has 6 rings (SSSR count). The molecule has 0 radical (unpaired) electrons. The molecule has 240 valence electrons. The highest BCUT2D eigenvalue weighted by Crippen LogP contribution is 2.42. The monoisotopic (exact) mass is 663 g/mol. The van der Waals surface area contributed by atoms with Crippen LogP contribution >= 0.6 is 23.2 Å². The molecule has 8 nitrogen and oxygen atoms in total. The number of benzene rings is 3. The number of carbonyl (C=O) groups excluding carboxylic acids is 1. The molecule has 0 bridgehead atoms. The Morgan fingerprint density at radius 2 is 1.85 bits per heavy atom. The normalized spacial score (nSPS) is 18.2. The molecule has 2 atom stereocenters. The molecule has 0 spiro atoms. The van der Waals surface area contributed by atoms with Crippen LogP contribution in [0, 0.1) is 5.82 Å². The van der Waals surface area contributed by atoms with E-state index in [1.54, 1.807) is 37.6 Å². The third-order valence-electron chi connectivity index (χ3n) is 8.52. The highest BCUT2D eigenvalue weighted by molar-refractivity contribution is 6.39. The number of amides is 1. The van der Waals surface area contributed by atoms with E-state index in [2.05, 4.69) is 20.9 Å². The molecule has 2 saturated heterocycles. The van der Waals surface area contributed by atoms with Gasteiger partial charge in [0.2, 0.25) is 5.91 Å². The number of rotatable bonds is 11. The Balaban J connectivity index is 1.21. The number of aliphatic hydroxyl groups is 1. The first-order chi connectivity index (χ1) is 22.3. The lowest BCUT2D eigenvalue weighted by atomic mass is 10.0. The molecule has 2 fully saturated rings. The number of halogens is 3. The van der Waals surface area contributed by atoms with Gasteiger partial charge in [-0.2, -0.15) is 0 Å². The standard InChI is InChI=1S/C35H36Cl2FN5O3/c1-46-30-16-21(8-9-22(30)17-39-18-24-10-11-31(45)41-24)35-33(37)27(12-14-40-35)26-5-3-6-28(32(26)36)42-29-7-2-4-23(34(29)38)19-43-15-13-25(44)20-43/h2-9,12,14,16,24-25,39,42,44H,10-11,13,15,17-20H2,1H3,(H,41,45). The number of nitrogens with zero attached hydrogens (tertiary/aromatic N) is 2. The number of hydrogen-bond donors (Lipinski definition) is 4. The Kier molecular flexibility index (Phi) is 10.1. The highest BCUT2D eigenvalue weighted by atomic mass is 35.5. The summed E-state index contributed by atoms with van der Waals surface area (Å²) in [5.74, 6) is 0.435. The van der Waals surface area contributed by atoms with Gasteiger partial charge in [-0.25, -0.2) is 4.39 Å². The largest absolute Gasteiger partial charge is 0.496 e. The number of β-amino-alcohol motifs (C(OH)–C–C–N with tert-alkyl or cyclic N) is 1. The average molecular weight is 665 g/mol. The summed E-state index contributed by atoms with van der Waals surface area (Å²) in [4.78, 5) is 18.1. The summed E-state index contributed by atoms with van der Waals surface area (Å²) in [6.45, 7) is 2.96. The van der Waals surface area contributed by atoms with Gasteiger partial charge >= 0.3 is 0 Å². The van der Waals surface area contributed by atoms with E-state index in [0.29, 0.717) is 88.6 Å². The van der Waals surface area contributed by atoms with Crippen LogP contribution in [0.3, 0.4) is 0 Å². The molecule has 4 N–H and O–H groups in total. The van der Waals surface area contributed by atoms with E-state index < -0.39 is 0 Å². The molecule has 2 unspecified atom stereocenters. The van der Waals surface area contributed by atoms with Crippen molar-refractivity contribution in [2.75, 3.05) is 32.1 Å². The Bertz CT molecular complexity index is 1740. The number of pyridine rings is 1. The molecule has 1 aromatic heterocycles. The number of carbonyl (C=O) groups is 1. The van der Waals surface area contributed by atoms with E-state index >= 15 is 4.39 Å². The van der Waals surface area contributed by atoms with Crippen LogP contribution in [0.1, 0.15) is 30.4 Å². The van der Waals surface area contributed by atoms with Gasteiger partial charge in [0.25, 0.3) is 0 Å². The predicted molar refractivity (Wildman–Crippen MR) is 180 cm³/mol. The van der Waals surface area contributed by atoms with Gasteiger partial charge in [-0.1, -0.05) is 59.6 Å². The summed E-state index contributed by atoms with van der Waals surface area (Å²) >= 11 is 13.9. The second-order valence-electron chi connectivity index (χ2n) is 11.7. The lowest BCUT2D eigenvalue weighted by Gasteiger charge is -2.18. The molecular formula is C35H36Cl2FN5O3. The van der Waals surface area contributed by atoms with E-state index in [4.69, 9.17) is 27.9 Å². The lowest BCUT2D eigenvalue weighted by Crippen LogP contribution is -2.35. The minimum Gasteiger partial charge on any atom is -0.496 e. The van der Waals surface area contributed by atoms with Crippen molar-refractivity contribution in [1.29, 1.82) is 0 Å². The van der Waals surface area contributed by atoms with Crippen molar-refractivity contribution in [1.82, 2.24) is 20.5 Å². The maximum Gasteiger partial charge on any atom is 0.220 e. The molecule has 3 aromatic carbocycles. The summed E-state index contributed by atoms with van der Waals surface area (Å²) in [5, 5.41) is 20.2. The molecular weight excluding hydrogens is 628 g/mol. The van der Waals surface area contributed by atoms with Gasteiger partial charge in [0, 0.05) is 79.2 Å². The zero-order chi connectivity index (χ0) is 32.2. The van der Waals surface area contributed by atoms with E-state index in [1.807, 2.05) is 41.3 Å². The number of anilines is 2. The molecule has 0 saturated carbocycles. The molecule has 2 aliphatic rings. The van der Waals surface area contributed by atoms with Crippen LogP contribution < -0.4 is 20.7 Å². The van der Waals surface area contributed by atoms with Crippen LogP contribution in [0.15, 0.2) is 66.9 Å². The molecule has 3 heterocycles. The fourth-order valence-corrected chi connectivity index (χ4v) is 6.68. The fourth-order valence-electron chi connectivity index (χ4n) is 6.08. The Morgan fingerprint density at radius 1 is 1.04 bits per heavy atom. The zero-order valence-corrected chi connectivity index (χ0v) is 27.0. The topological polar surface area (TPSA) is 98.8 Å². The summed E-state index contributed by atoms with van der Waals surface area (Å²) in [6.07, 6.45) is 3.42. The smallest absolute Gasteiger partial charge is 0.220 e. The predicted octanol–water partition coefficient (Wildman–Crippen LogP) is 6.55. The van der Waals surface area contributed by atoms with E-state index in [0.717, 1.165) is 24.1 Å². The van der Waals surface area contributed by atoms with Crippen LogP contribution in [-0.2, 0) is 17.9 Å². The Hall–Kier alpha value is -3.73. The van der Waals surface area contributed by atoms with Gasteiger partial charge in [0.05, 0.1) is 40.3 Å². The first kappa shape index (κ1) is 32.2. The van der Waals surface area contributed by atoms with Crippen molar-refractivity contribution < 1.29 is 19.0 Å². The van der Waals surface area contributed by atoms with Crippen LogP contribution in [0.2, 0.25) is 10.0 Å². The maximum atomic E-state index is 15.6. The first-order valence-corrected chi connectivity index (χ1v) is 16.1. The molecule has 2 aliphatic heterocycles. The van der Waals surface area contributed by atoms with Gasteiger partial charge in [-0.15, -0.1) is 0 Å². The summed E-state index contributed by atoms with van der Waals surface area (Å²) in [6, 6.07) is 18.5. The Labute approximate surface area is 277 Å². The van der Waals surface area contributed by atoms with Crippen molar-refractivity contribution in [2.24, 2.45) is 0 Å². The third kappa shape index (κ3) is 7.14. The van der Waals surface area contributed by atoms with Crippen molar-refractivity contribution in [2.45, 2.75) is 44.5 Å². The van der Waals surface area contributed by atoms with Crippen molar-refractivity contribution in [3.63, 3.8) is 0 Å². The lowest BCUT2D eigenvalue weighted by molar-refractivity contribution is -0.119. The SMILES string of the molecule is COc1cc(-c2nccc(-c3cccc(Nc4cccc(CN5CCC(O)C5)c4F)c3Cl)c2Cl)ccc1CNCC1CCC(=O)N1. The number of likely N-dealkylation sites (tertiary alicyclic amines) is 1. The third-order valence-corrected chi connectivity index (χ3v) is 9.31. The van der Waals surface area contributed by atoms with Crippen molar-refractivity contribution in [3.8, 4) is 28.1 Å². The quantitative estimate of drug-likeness (QED) is 0.144.